The van der Waals surface area contributed by atoms with E-state index in [1.165, 1.54) is 29.7 Å². The molecule has 0 aliphatic carbocycles. The van der Waals surface area contributed by atoms with Crippen LogP contribution in [0.25, 0.3) is 0 Å². The van der Waals surface area contributed by atoms with Gasteiger partial charge >= 0.3 is 0 Å². The molecule has 0 spiro atoms. The van der Waals surface area contributed by atoms with Gasteiger partial charge < -0.3 is 14.5 Å². The molecule has 0 radical (unpaired) electrons. The Morgan fingerprint density at radius 3 is 2.60 bits per heavy atom. The van der Waals surface area contributed by atoms with Crippen molar-refractivity contribution in [2.24, 2.45) is 0 Å². The van der Waals surface area contributed by atoms with Gasteiger partial charge in [-0.05, 0) is 49.7 Å². The lowest BCUT2D eigenvalue weighted by atomic mass is 10.2. The Hall–Kier alpha value is -1.93. The van der Waals surface area contributed by atoms with Crippen molar-refractivity contribution in [3.05, 3.63) is 62.0 Å². The molecule has 0 N–H and O–H groups in total. The quantitative estimate of drug-likeness (QED) is 0.584. The van der Waals surface area contributed by atoms with Crippen molar-refractivity contribution in [1.29, 1.82) is 0 Å². The zero-order valence-electron chi connectivity index (χ0n) is 17.0. The van der Waals surface area contributed by atoms with Gasteiger partial charge in [0.2, 0.25) is 0 Å². The second kappa shape index (κ2) is 10.9. The second-order valence-corrected chi connectivity index (χ2v) is 8.11. The van der Waals surface area contributed by atoms with Crippen LogP contribution in [-0.2, 0) is 17.8 Å². The lowest BCUT2D eigenvalue weighted by Crippen LogP contribution is -2.39. The summed E-state index contributed by atoms with van der Waals surface area (Å²) in [7, 11) is 1.55. The Labute approximate surface area is 186 Å². The van der Waals surface area contributed by atoms with Gasteiger partial charge in [-0.25, -0.2) is 4.68 Å². The summed E-state index contributed by atoms with van der Waals surface area (Å²) >= 11 is 12.2. The summed E-state index contributed by atoms with van der Waals surface area (Å²) < 4.78 is 6.28. The molecule has 162 valence electrons. The molecule has 1 aromatic heterocycles. The van der Waals surface area contributed by atoms with Crippen LogP contribution in [0.2, 0.25) is 10.0 Å². The summed E-state index contributed by atoms with van der Waals surface area (Å²) in [6.07, 6.45) is 2.37. The summed E-state index contributed by atoms with van der Waals surface area (Å²) in [5.74, 6) is -0.230. The molecule has 9 heteroatoms. The van der Waals surface area contributed by atoms with Crippen molar-refractivity contribution < 1.29 is 9.53 Å². The monoisotopic (exact) mass is 452 g/mol. The first-order valence-corrected chi connectivity index (χ1v) is 10.8. The summed E-state index contributed by atoms with van der Waals surface area (Å²) in [6.45, 7) is 4.45. The fourth-order valence-electron chi connectivity index (χ4n) is 3.44. The van der Waals surface area contributed by atoms with Crippen molar-refractivity contribution in [1.82, 2.24) is 19.6 Å². The molecule has 1 fully saturated rings. The first-order valence-electron chi connectivity index (χ1n) is 10.0. The third kappa shape index (κ3) is 6.04. The number of nitrogens with zero attached hydrogens (tertiary/aromatic N) is 4. The first kappa shape index (κ1) is 22.7. The minimum absolute atomic E-state index is 0.229. The van der Waals surface area contributed by atoms with E-state index in [2.05, 4.69) is 10.00 Å². The molecule has 3 rings (SSSR count). The number of ether oxygens (including phenoxy) is 1. The number of benzene rings is 1. The van der Waals surface area contributed by atoms with Gasteiger partial charge in [0.15, 0.2) is 0 Å². The van der Waals surface area contributed by atoms with E-state index in [4.69, 9.17) is 27.9 Å². The summed E-state index contributed by atoms with van der Waals surface area (Å²) in [5, 5.41) is 5.18. The van der Waals surface area contributed by atoms with E-state index in [9.17, 15) is 9.59 Å². The van der Waals surface area contributed by atoms with Crippen molar-refractivity contribution in [3.63, 3.8) is 0 Å². The van der Waals surface area contributed by atoms with Gasteiger partial charge in [0, 0.05) is 32.8 Å². The molecule has 0 unspecified atom stereocenters. The number of aromatic nitrogens is 2. The molecule has 2 heterocycles. The van der Waals surface area contributed by atoms with Gasteiger partial charge in [0.1, 0.15) is 5.69 Å². The Balaban J connectivity index is 1.81. The topological polar surface area (TPSA) is 67.7 Å². The first-order chi connectivity index (χ1) is 14.5. The highest BCUT2D eigenvalue weighted by molar-refractivity contribution is 6.42. The average Bonchev–Trinajstić information content (AvgIpc) is 3.26. The Morgan fingerprint density at radius 1 is 1.13 bits per heavy atom. The molecule has 0 atom stereocenters. The van der Waals surface area contributed by atoms with Crippen LogP contribution in [0, 0.1) is 0 Å². The molecule has 1 aliphatic heterocycles. The minimum atomic E-state index is -0.267. The van der Waals surface area contributed by atoms with Crippen LogP contribution in [0.15, 0.2) is 35.1 Å². The molecule has 1 saturated heterocycles. The highest BCUT2D eigenvalue weighted by atomic mass is 35.5. The van der Waals surface area contributed by atoms with Crippen molar-refractivity contribution in [2.75, 3.05) is 39.9 Å². The van der Waals surface area contributed by atoms with Crippen LogP contribution in [0.1, 0.15) is 28.9 Å². The fraction of sp³-hybridized carbons (Fsp3) is 0.476. The third-order valence-electron chi connectivity index (χ3n) is 5.12. The number of carbonyl (C=O) groups excluding carboxylic acids is 1. The van der Waals surface area contributed by atoms with E-state index in [-0.39, 0.29) is 23.7 Å². The van der Waals surface area contributed by atoms with E-state index in [0.717, 1.165) is 25.2 Å². The van der Waals surface area contributed by atoms with Crippen LogP contribution < -0.4 is 5.56 Å². The van der Waals surface area contributed by atoms with Crippen molar-refractivity contribution >= 4 is 29.1 Å². The third-order valence-corrected chi connectivity index (χ3v) is 5.86. The van der Waals surface area contributed by atoms with Crippen molar-refractivity contribution in [2.45, 2.75) is 25.9 Å². The van der Waals surface area contributed by atoms with Gasteiger partial charge in [-0.2, -0.15) is 5.10 Å². The van der Waals surface area contributed by atoms with Gasteiger partial charge in [-0.3, -0.25) is 9.59 Å². The molecular formula is C21H26Cl2N4O3. The number of hydrogen-bond acceptors (Lipinski definition) is 5. The number of carbonyl (C=O) groups is 1. The van der Waals surface area contributed by atoms with Gasteiger partial charge in [-0.1, -0.05) is 29.3 Å². The zero-order chi connectivity index (χ0) is 21.5. The Morgan fingerprint density at radius 2 is 1.90 bits per heavy atom. The van der Waals surface area contributed by atoms with E-state index >= 15 is 0 Å². The molecular weight excluding hydrogens is 427 g/mol. The maximum absolute atomic E-state index is 13.3. The van der Waals surface area contributed by atoms with E-state index in [1.807, 2.05) is 6.07 Å². The average molecular weight is 453 g/mol. The minimum Gasteiger partial charge on any atom is -0.383 e. The fourth-order valence-corrected chi connectivity index (χ4v) is 3.76. The standard InChI is InChI=1S/C21H26Cl2N4O3/c1-30-13-12-27-20(28)7-6-19(24-27)21(29)26(11-10-25-8-2-3-9-25)15-16-4-5-17(22)18(23)14-16/h4-7,14H,2-3,8-13,15H2,1H3. The molecule has 7 nitrogen and oxygen atoms in total. The molecule has 1 amide bonds. The number of halogens is 2. The number of amides is 1. The number of hydrogen-bond donors (Lipinski definition) is 0. The van der Waals surface area contributed by atoms with Crippen molar-refractivity contribution in [3.8, 4) is 0 Å². The predicted octanol–water partition coefficient (Wildman–Crippen LogP) is 2.93. The van der Waals surface area contributed by atoms with Crippen LogP contribution in [0.3, 0.4) is 0 Å². The highest BCUT2D eigenvalue weighted by Crippen LogP contribution is 2.23. The molecule has 0 bridgehead atoms. The molecule has 2 aromatic rings. The van der Waals surface area contributed by atoms with E-state index in [0.29, 0.717) is 29.7 Å². The van der Waals surface area contributed by atoms with Crippen LogP contribution >= 0.6 is 23.2 Å². The lowest BCUT2D eigenvalue weighted by molar-refractivity contribution is 0.0717. The van der Waals surface area contributed by atoms with Crippen LogP contribution in [0.4, 0.5) is 0 Å². The van der Waals surface area contributed by atoms with Gasteiger partial charge in [-0.15, -0.1) is 0 Å². The lowest BCUT2D eigenvalue weighted by Gasteiger charge is -2.25. The summed E-state index contributed by atoms with van der Waals surface area (Å²) in [4.78, 5) is 29.4. The normalized spacial score (nSPS) is 14.2. The van der Waals surface area contributed by atoms with E-state index in [1.54, 1.807) is 24.1 Å². The highest BCUT2D eigenvalue weighted by Gasteiger charge is 2.21. The number of likely N-dealkylation sites (tertiary alicyclic amines) is 1. The van der Waals surface area contributed by atoms with Crippen LogP contribution in [0.5, 0.6) is 0 Å². The second-order valence-electron chi connectivity index (χ2n) is 7.30. The molecule has 30 heavy (non-hydrogen) atoms. The maximum atomic E-state index is 13.3. The SMILES string of the molecule is COCCn1nc(C(=O)N(CCN2CCCC2)Cc2ccc(Cl)c(Cl)c2)ccc1=O. The largest absolute Gasteiger partial charge is 0.383 e. The smallest absolute Gasteiger partial charge is 0.274 e. The molecule has 1 aliphatic rings. The summed E-state index contributed by atoms with van der Waals surface area (Å²) in [6, 6.07) is 8.20. The molecule has 0 saturated carbocycles. The Kier molecular flexibility index (Phi) is 8.27. The zero-order valence-corrected chi connectivity index (χ0v) is 18.5. The van der Waals surface area contributed by atoms with Gasteiger partial charge in [0.25, 0.3) is 11.5 Å². The predicted molar refractivity (Wildman–Crippen MR) is 117 cm³/mol. The van der Waals surface area contributed by atoms with Gasteiger partial charge in [0.05, 0.1) is 23.2 Å². The van der Waals surface area contributed by atoms with E-state index < -0.39 is 0 Å². The summed E-state index contributed by atoms with van der Waals surface area (Å²) in [5.41, 5.74) is 0.843. The maximum Gasteiger partial charge on any atom is 0.274 e. The number of methoxy groups -OCH3 is 1. The number of rotatable bonds is 9. The Bertz CT molecular complexity index is 929. The van der Waals surface area contributed by atoms with Crippen LogP contribution in [-0.4, -0.2) is 65.4 Å². The molecule has 1 aromatic carbocycles.